The fourth-order valence-corrected chi connectivity index (χ4v) is 3.68. The van der Waals surface area contributed by atoms with Crippen LogP contribution >= 0.6 is 0 Å². The SMILES string of the molecule is CCOC(=O)[C@H]1CCCN(CC(=O)c2c[nH]c3c(CC)cccc23)C1. The number of piperidine rings is 1. The van der Waals surface area contributed by atoms with Crippen LogP contribution in [0.15, 0.2) is 24.4 Å². The first-order chi connectivity index (χ1) is 12.1. The molecule has 0 radical (unpaired) electrons. The van der Waals surface area contributed by atoms with Crippen LogP contribution in [0.4, 0.5) is 0 Å². The number of likely N-dealkylation sites (tertiary alicyclic amines) is 1. The maximum absolute atomic E-state index is 12.8. The number of ketones is 1. The third-order valence-corrected chi connectivity index (χ3v) is 4.98. The summed E-state index contributed by atoms with van der Waals surface area (Å²) in [5, 5.41) is 0.989. The summed E-state index contributed by atoms with van der Waals surface area (Å²) in [7, 11) is 0. The number of ether oxygens (including phenoxy) is 1. The fraction of sp³-hybridized carbons (Fsp3) is 0.500. The molecule has 0 unspecified atom stereocenters. The summed E-state index contributed by atoms with van der Waals surface area (Å²) in [5.41, 5.74) is 3.01. The molecule has 1 aromatic carbocycles. The van der Waals surface area contributed by atoms with E-state index in [0.717, 1.165) is 42.3 Å². The van der Waals surface area contributed by atoms with E-state index in [1.807, 2.05) is 25.3 Å². The quantitative estimate of drug-likeness (QED) is 0.647. The zero-order valence-corrected chi connectivity index (χ0v) is 15.0. The summed E-state index contributed by atoms with van der Waals surface area (Å²) >= 11 is 0. The van der Waals surface area contributed by atoms with Gasteiger partial charge in [0.2, 0.25) is 0 Å². The number of carbonyl (C=O) groups is 2. The minimum absolute atomic E-state index is 0.101. The molecule has 0 saturated carbocycles. The van der Waals surface area contributed by atoms with Crippen LogP contribution in [0.5, 0.6) is 0 Å². The van der Waals surface area contributed by atoms with Gasteiger partial charge in [-0.2, -0.15) is 0 Å². The number of H-pyrrole nitrogens is 1. The Morgan fingerprint density at radius 3 is 2.92 bits per heavy atom. The lowest BCUT2D eigenvalue weighted by molar-refractivity contribution is -0.149. The molecular weight excluding hydrogens is 316 g/mol. The molecule has 0 bridgehead atoms. The third kappa shape index (κ3) is 3.76. The Morgan fingerprint density at radius 2 is 2.16 bits per heavy atom. The number of esters is 1. The Hall–Kier alpha value is -2.14. The number of aromatic nitrogens is 1. The summed E-state index contributed by atoms with van der Waals surface area (Å²) in [6, 6.07) is 6.08. The number of para-hydroxylation sites is 1. The van der Waals surface area contributed by atoms with Crippen molar-refractivity contribution in [2.75, 3.05) is 26.2 Å². The van der Waals surface area contributed by atoms with Crippen molar-refractivity contribution in [3.8, 4) is 0 Å². The van der Waals surface area contributed by atoms with Crippen LogP contribution in [0.2, 0.25) is 0 Å². The summed E-state index contributed by atoms with van der Waals surface area (Å²) in [5.74, 6) is -0.153. The number of hydrogen-bond acceptors (Lipinski definition) is 4. The Bertz CT molecular complexity index is 765. The van der Waals surface area contributed by atoms with Gasteiger partial charge in [-0.05, 0) is 38.3 Å². The molecule has 1 aliphatic heterocycles. The van der Waals surface area contributed by atoms with E-state index in [-0.39, 0.29) is 17.7 Å². The predicted molar refractivity (Wildman–Crippen MR) is 97.8 cm³/mol. The molecule has 1 aliphatic rings. The zero-order valence-electron chi connectivity index (χ0n) is 15.0. The van der Waals surface area contributed by atoms with Crippen molar-refractivity contribution in [1.29, 1.82) is 0 Å². The maximum Gasteiger partial charge on any atom is 0.310 e. The van der Waals surface area contributed by atoms with Gasteiger partial charge in [-0.1, -0.05) is 25.1 Å². The van der Waals surface area contributed by atoms with Gasteiger partial charge in [0, 0.05) is 29.2 Å². The van der Waals surface area contributed by atoms with Gasteiger partial charge in [0.05, 0.1) is 19.1 Å². The van der Waals surface area contributed by atoms with E-state index in [4.69, 9.17) is 4.74 Å². The highest BCUT2D eigenvalue weighted by Gasteiger charge is 2.28. The van der Waals surface area contributed by atoms with Crippen LogP contribution in [0.1, 0.15) is 42.6 Å². The van der Waals surface area contributed by atoms with Gasteiger partial charge in [0.15, 0.2) is 5.78 Å². The van der Waals surface area contributed by atoms with Crippen molar-refractivity contribution in [1.82, 2.24) is 9.88 Å². The van der Waals surface area contributed by atoms with Crippen LogP contribution in [0.25, 0.3) is 10.9 Å². The number of nitrogens with zero attached hydrogens (tertiary/aromatic N) is 1. The predicted octanol–water partition coefficient (Wildman–Crippen LogP) is 3.19. The van der Waals surface area contributed by atoms with Crippen LogP contribution < -0.4 is 0 Å². The first kappa shape index (κ1) is 17.7. The average molecular weight is 342 g/mol. The maximum atomic E-state index is 12.8. The summed E-state index contributed by atoms with van der Waals surface area (Å²) in [6.45, 7) is 6.14. The van der Waals surface area contributed by atoms with Crippen molar-refractivity contribution in [2.24, 2.45) is 5.92 Å². The Balaban J connectivity index is 1.71. The standard InChI is InChI=1S/C20H26N2O3/c1-3-14-7-5-9-16-17(11-21-19(14)16)18(23)13-22-10-6-8-15(12-22)20(24)25-4-2/h5,7,9,11,15,21H,3-4,6,8,10,12-13H2,1-2H3/t15-/m0/s1. The number of aryl methyl sites for hydroxylation is 1. The normalized spacial score (nSPS) is 18.4. The summed E-state index contributed by atoms with van der Waals surface area (Å²) < 4.78 is 5.13. The second-order valence-corrected chi connectivity index (χ2v) is 6.65. The molecule has 1 N–H and O–H groups in total. The number of aromatic amines is 1. The second-order valence-electron chi connectivity index (χ2n) is 6.65. The molecule has 2 aromatic rings. The lowest BCUT2D eigenvalue weighted by atomic mass is 9.97. The van der Waals surface area contributed by atoms with Crippen molar-refractivity contribution < 1.29 is 14.3 Å². The molecule has 1 aromatic heterocycles. The molecule has 1 atom stereocenters. The van der Waals surface area contributed by atoms with Crippen LogP contribution in [0, 0.1) is 5.92 Å². The zero-order chi connectivity index (χ0) is 17.8. The molecule has 0 aliphatic carbocycles. The molecule has 0 spiro atoms. The Kier molecular flexibility index (Phi) is 5.53. The largest absolute Gasteiger partial charge is 0.466 e. The van der Waals surface area contributed by atoms with E-state index < -0.39 is 0 Å². The number of fused-ring (bicyclic) bond motifs is 1. The van der Waals surface area contributed by atoms with Crippen LogP contribution in [0.3, 0.4) is 0 Å². The Labute approximate surface area is 148 Å². The van der Waals surface area contributed by atoms with Crippen molar-refractivity contribution in [2.45, 2.75) is 33.1 Å². The number of benzene rings is 1. The molecule has 1 fully saturated rings. The van der Waals surface area contributed by atoms with Crippen molar-refractivity contribution in [3.63, 3.8) is 0 Å². The highest BCUT2D eigenvalue weighted by atomic mass is 16.5. The average Bonchev–Trinajstić information content (AvgIpc) is 3.06. The lowest BCUT2D eigenvalue weighted by Gasteiger charge is -2.30. The smallest absolute Gasteiger partial charge is 0.310 e. The van der Waals surface area contributed by atoms with Crippen molar-refractivity contribution in [3.05, 3.63) is 35.5 Å². The van der Waals surface area contributed by atoms with Gasteiger partial charge < -0.3 is 9.72 Å². The molecule has 0 amide bonds. The number of rotatable bonds is 6. The van der Waals surface area contributed by atoms with Crippen LogP contribution in [-0.2, 0) is 16.0 Å². The number of hydrogen-bond donors (Lipinski definition) is 1. The highest BCUT2D eigenvalue weighted by molar-refractivity contribution is 6.09. The lowest BCUT2D eigenvalue weighted by Crippen LogP contribution is -2.41. The molecule has 1 saturated heterocycles. The second kappa shape index (κ2) is 7.83. The van der Waals surface area contributed by atoms with E-state index in [1.54, 1.807) is 0 Å². The van der Waals surface area contributed by atoms with Gasteiger partial charge >= 0.3 is 5.97 Å². The van der Waals surface area contributed by atoms with Gasteiger partial charge in [-0.3, -0.25) is 14.5 Å². The molecule has 134 valence electrons. The van der Waals surface area contributed by atoms with Crippen molar-refractivity contribution >= 4 is 22.7 Å². The van der Waals surface area contributed by atoms with Gasteiger partial charge in [0.1, 0.15) is 0 Å². The minimum atomic E-state index is -0.140. The van der Waals surface area contributed by atoms with E-state index in [2.05, 4.69) is 22.9 Å². The highest BCUT2D eigenvalue weighted by Crippen LogP contribution is 2.24. The summed E-state index contributed by atoms with van der Waals surface area (Å²) in [6.07, 6.45) is 4.51. The minimum Gasteiger partial charge on any atom is -0.466 e. The molecule has 2 heterocycles. The van der Waals surface area contributed by atoms with E-state index in [1.165, 1.54) is 5.56 Å². The molecule has 3 rings (SSSR count). The molecule has 5 nitrogen and oxygen atoms in total. The first-order valence-corrected chi connectivity index (χ1v) is 9.15. The van der Waals surface area contributed by atoms with E-state index >= 15 is 0 Å². The van der Waals surface area contributed by atoms with Crippen LogP contribution in [-0.4, -0.2) is 47.9 Å². The Morgan fingerprint density at radius 1 is 1.32 bits per heavy atom. The fourth-order valence-electron chi connectivity index (χ4n) is 3.68. The third-order valence-electron chi connectivity index (χ3n) is 4.98. The first-order valence-electron chi connectivity index (χ1n) is 9.15. The van der Waals surface area contributed by atoms with Gasteiger partial charge in [-0.25, -0.2) is 0 Å². The number of carbonyl (C=O) groups excluding carboxylic acids is 2. The number of nitrogens with one attached hydrogen (secondary N) is 1. The van der Waals surface area contributed by atoms with Gasteiger partial charge in [0.25, 0.3) is 0 Å². The van der Waals surface area contributed by atoms with Gasteiger partial charge in [-0.15, -0.1) is 0 Å². The molecule has 5 heteroatoms. The molecule has 25 heavy (non-hydrogen) atoms. The number of Topliss-reactive ketones (excluding diaryl/α,β-unsaturated/α-hetero) is 1. The molecular formula is C20H26N2O3. The summed E-state index contributed by atoms with van der Waals surface area (Å²) in [4.78, 5) is 30.1. The topological polar surface area (TPSA) is 62.4 Å². The van der Waals surface area contributed by atoms with E-state index in [9.17, 15) is 9.59 Å². The monoisotopic (exact) mass is 342 g/mol. The van der Waals surface area contributed by atoms with E-state index in [0.29, 0.717) is 19.7 Å².